The van der Waals surface area contributed by atoms with Crippen molar-refractivity contribution in [2.45, 2.75) is 104 Å². The molecule has 0 spiro atoms. The summed E-state index contributed by atoms with van der Waals surface area (Å²) in [6.45, 7) is 16.4. The van der Waals surface area contributed by atoms with Gasteiger partial charge in [0.2, 0.25) is 11.8 Å². The van der Waals surface area contributed by atoms with Gasteiger partial charge in [-0.15, -0.1) is 0 Å². The van der Waals surface area contributed by atoms with E-state index in [0.29, 0.717) is 17.5 Å². The molecule has 0 heterocycles. The van der Waals surface area contributed by atoms with Crippen LogP contribution < -0.4 is 10.6 Å². The predicted molar refractivity (Wildman–Crippen MR) is 155 cm³/mol. The molecule has 0 aromatic heterocycles. The number of benzene rings is 2. The van der Waals surface area contributed by atoms with E-state index in [0.717, 1.165) is 0 Å². The minimum absolute atomic E-state index is 0.0307. The highest BCUT2D eigenvalue weighted by Crippen LogP contribution is 2.33. The van der Waals surface area contributed by atoms with Crippen LogP contribution in [0.5, 0.6) is 11.5 Å². The van der Waals surface area contributed by atoms with Crippen molar-refractivity contribution in [1.82, 2.24) is 15.5 Å². The first-order chi connectivity index (χ1) is 18.3. The van der Waals surface area contributed by atoms with Crippen molar-refractivity contribution in [3.8, 4) is 11.5 Å². The molecule has 0 bridgehead atoms. The lowest BCUT2D eigenvalue weighted by molar-refractivity contribution is -0.149. The van der Waals surface area contributed by atoms with E-state index in [1.807, 2.05) is 41.5 Å². The summed E-state index contributed by atoms with van der Waals surface area (Å²) in [7, 11) is 0. The summed E-state index contributed by atoms with van der Waals surface area (Å²) in [6.07, 6.45) is -0.161. The Hall–Kier alpha value is -3.75. The number of ether oxygens (including phenoxy) is 1. The number of nitrogens with zero attached hydrogens (tertiary/aromatic N) is 1. The van der Waals surface area contributed by atoms with Crippen LogP contribution in [-0.2, 0) is 20.7 Å². The first-order valence-corrected chi connectivity index (χ1v) is 13.5. The van der Waals surface area contributed by atoms with Gasteiger partial charge in [0.05, 0.1) is 0 Å². The molecule has 0 aliphatic carbocycles. The van der Waals surface area contributed by atoms with Crippen molar-refractivity contribution >= 4 is 17.9 Å². The molecule has 0 fully saturated rings. The second-order valence-electron chi connectivity index (χ2n) is 12.7. The highest BCUT2D eigenvalue weighted by Gasteiger charge is 2.43. The van der Waals surface area contributed by atoms with E-state index >= 15 is 0 Å². The number of aromatic hydroxyl groups is 2. The fourth-order valence-corrected chi connectivity index (χ4v) is 4.14. The highest BCUT2D eigenvalue weighted by atomic mass is 16.6. The van der Waals surface area contributed by atoms with Crippen molar-refractivity contribution in [2.24, 2.45) is 0 Å². The maximum Gasteiger partial charge on any atom is 0.408 e. The third-order valence-electron chi connectivity index (χ3n) is 6.33. The Morgan fingerprint density at radius 2 is 1.35 bits per heavy atom. The molecule has 0 aliphatic heterocycles. The Bertz CT molecular complexity index is 1160. The number of nitrogens with one attached hydrogen (secondary N) is 2. The fraction of sp³-hybridized carbons (Fsp3) is 0.516. The number of hydrogen-bond acceptors (Lipinski definition) is 6. The number of rotatable bonds is 9. The standard InChI is InChI=1S/C31H45N3O6/c1-10-31(8,9)34(25(26(37)33-29(2,3)4)21-13-17-23(36)18-14-21)27(38)24(32-28(39)40-30(5,6)7)19-20-11-15-22(35)16-12-20/h11-18,24-25,35-36H,10,19H2,1-9H3,(H,32,39)(H,33,37). The van der Waals surface area contributed by atoms with Crippen molar-refractivity contribution in [3.05, 3.63) is 59.7 Å². The van der Waals surface area contributed by atoms with Crippen molar-refractivity contribution in [1.29, 1.82) is 0 Å². The second kappa shape index (κ2) is 12.6. The topological polar surface area (TPSA) is 128 Å². The van der Waals surface area contributed by atoms with Crippen LogP contribution in [-0.4, -0.2) is 55.7 Å². The normalized spacial score (nSPS) is 13.6. The number of amides is 3. The van der Waals surface area contributed by atoms with E-state index in [1.54, 1.807) is 45.0 Å². The summed E-state index contributed by atoms with van der Waals surface area (Å²) in [5, 5.41) is 25.4. The summed E-state index contributed by atoms with van der Waals surface area (Å²) >= 11 is 0. The van der Waals surface area contributed by atoms with Gasteiger partial charge in [0.25, 0.3) is 0 Å². The van der Waals surface area contributed by atoms with E-state index in [-0.39, 0.29) is 17.9 Å². The third-order valence-corrected chi connectivity index (χ3v) is 6.33. The van der Waals surface area contributed by atoms with Crippen LogP contribution in [0, 0.1) is 0 Å². The molecule has 0 saturated heterocycles. The third kappa shape index (κ3) is 9.47. The van der Waals surface area contributed by atoms with E-state index < -0.39 is 46.7 Å². The molecule has 2 rings (SSSR count). The zero-order valence-corrected chi connectivity index (χ0v) is 25.2. The smallest absolute Gasteiger partial charge is 0.408 e. The zero-order valence-electron chi connectivity index (χ0n) is 25.2. The van der Waals surface area contributed by atoms with E-state index in [1.165, 1.54) is 29.2 Å². The van der Waals surface area contributed by atoms with Gasteiger partial charge in [-0.05, 0) is 97.2 Å². The van der Waals surface area contributed by atoms with Gasteiger partial charge in [-0.25, -0.2) is 4.79 Å². The van der Waals surface area contributed by atoms with Crippen LogP contribution in [0.1, 0.15) is 85.9 Å². The second-order valence-corrected chi connectivity index (χ2v) is 12.7. The van der Waals surface area contributed by atoms with Crippen molar-refractivity contribution in [2.75, 3.05) is 0 Å². The Balaban J connectivity index is 2.67. The summed E-state index contributed by atoms with van der Waals surface area (Å²) in [6, 6.07) is 10.4. The van der Waals surface area contributed by atoms with E-state index in [4.69, 9.17) is 4.74 Å². The van der Waals surface area contributed by atoms with E-state index in [2.05, 4.69) is 10.6 Å². The number of carbonyl (C=O) groups is 3. The highest BCUT2D eigenvalue weighted by molar-refractivity contribution is 5.93. The molecule has 0 radical (unpaired) electrons. The molecule has 2 unspecified atom stereocenters. The molecule has 2 aromatic carbocycles. The average Bonchev–Trinajstić information content (AvgIpc) is 2.81. The van der Waals surface area contributed by atoms with Gasteiger partial charge in [-0.3, -0.25) is 9.59 Å². The predicted octanol–water partition coefficient (Wildman–Crippen LogP) is 5.21. The molecule has 220 valence electrons. The maximum absolute atomic E-state index is 14.6. The van der Waals surface area contributed by atoms with Crippen molar-refractivity contribution < 1.29 is 29.3 Å². The number of hydrogen-bond donors (Lipinski definition) is 4. The van der Waals surface area contributed by atoms with Gasteiger partial charge >= 0.3 is 6.09 Å². The van der Waals surface area contributed by atoms with Gasteiger partial charge in [0.15, 0.2) is 0 Å². The molecular weight excluding hydrogens is 510 g/mol. The summed E-state index contributed by atoms with van der Waals surface area (Å²) in [5.41, 5.74) is -0.994. The van der Waals surface area contributed by atoms with Gasteiger partial charge < -0.3 is 30.5 Å². The summed E-state index contributed by atoms with van der Waals surface area (Å²) in [4.78, 5) is 42.8. The van der Waals surface area contributed by atoms with Gasteiger partial charge in [0, 0.05) is 17.5 Å². The zero-order chi connectivity index (χ0) is 30.5. The molecular formula is C31H45N3O6. The molecule has 0 aliphatic rings. The Morgan fingerprint density at radius 1 is 0.850 bits per heavy atom. The molecule has 4 N–H and O–H groups in total. The van der Waals surface area contributed by atoms with Crippen LogP contribution in [0.25, 0.3) is 0 Å². The maximum atomic E-state index is 14.6. The van der Waals surface area contributed by atoms with Crippen LogP contribution in [0.3, 0.4) is 0 Å². The number of alkyl carbamates (subject to hydrolysis) is 1. The van der Waals surface area contributed by atoms with Crippen LogP contribution in [0.15, 0.2) is 48.5 Å². The number of carbonyl (C=O) groups excluding carboxylic acids is 3. The quantitative estimate of drug-likeness (QED) is 0.336. The lowest BCUT2D eigenvalue weighted by Gasteiger charge is -2.45. The Labute approximate surface area is 237 Å². The lowest BCUT2D eigenvalue weighted by Crippen LogP contribution is -2.60. The van der Waals surface area contributed by atoms with E-state index in [9.17, 15) is 24.6 Å². The molecule has 9 nitrogen and oxygen atoms in total. The first-order valence-electron chi connectivity index (χ1n) is 13.5. The molecule has 0 saturated carbocycles. The fourth-order valence-electron chi connectivity index (χ4n) is 4.14. The molecule has 40 heavy (non-hydrogen) atoms. The van der Waals surface area contributed by atoms with Gasteiger partial charge in [0.1, 0.15) is 29.2 Å². The Kier molecular flexibility index (Phi) is 10.2. The minimum Gasteiger partial charge on any atom is -0.508 e. The van der Waals surface area contributed by atoms with Crippen LogP contribution in [0.2, 0.25) is 0 Å². The van der Waals surface area contributed by atoms with Crippen LogP contribution in [0.4, 0.5) is 4.79 Å². The minimum atomic E-state index is -1.09. The molecule has 2 aromatic rings. The van der Waals surface area contributed by atoms with Gasteiger partial charge in [-0.1, -0.05) is 31.2 Å². The average molecular weight is 556 g/mol. The van der Waals surface area contributed by atoms with Gasteiger partial charge in [-0.2, -0.15) is 0 Å². The number of phenolic OH excluding ortho intramolecular Hbond substituents is 2. The molecule has 3 amide bonds. The number of phenols is 2. The van der Waals surface area contributed by atoms with Crippen LogP contribution >= 0.6 is 0 Å². The monoisotopic (exact) mass is 555 g/mol. The van der Waals surface area contributed by atoms with Crippen molar-refractivity contribution in [3.63, 3.8) is 0 Å². The summed E-state index contributed by atoms with van der Waals surface area (Å²) < 4.78 is 5.47. The molecule has 2 atom stereocenters. The Morgan fingerprint density at radius 3 is 1.80 bits per heavy atom. The molecule has 9 heteroatoms. The first kappa shape index (κ1) is 32.5. The largest absolute Gasteiger partial charge is 0.508 e. The lowest BCUT2D eigenvalue weighted by atomic mass is 9.90. The SMILES string of the molecule is CCC(C)(C)N(C(=O)C(Cc1ccc(O)cc1)NC(=O)OC(C)(C)C)C(C(=O)NC(C)(C)C)c1ccc(O)cc1. The summed E-state index contributed by atoms with van der Waals surface area (Å²) in [5.74, 6) is -0.767.